The quantitative estimate of drug-likeness (QED) is 0.445. The van der Waals surface area contributed by atoms with Crippen LogP contribution in [0.2, 0.25) is 0 Å². The average molecular weight is 230 g/mol. The number of hydrogen-bond donors (Lipinski definition) is 0. The molecule has 1 atom stereocenters. The molecule has 0 saturated heterocycles. The van der Waals surface area contributed by atoms with Crippen LogP contribution in [0.3, 0.4) is 0 Å². The Labute approximate surface area is 100 Å². The summed E-state index contributed by atoms with van der Waals surface area (Å²) in [4.78, 5) is 23.7. The molecule has 0 radical (unpaired) electrons. The largest absolute Gasteiger partial charge is 0.434 e. The lowest BCUT2D eigenvalue weighted by Crippen LogP contribution is -2.22. The van der Waals surface area contributed by atoms with Gasteiger partial charge in [-0.1, -0.05) is 17.2 Å². The third-order valence-electron chi connectivity index (χ3n) is 2.82. The molecule has 0 fully saturated rings. The Kier molecular flexibility index (Phi) is 2.84. The minimum absolute atomic E-state index is 0.187. The Bertz CT molecular complexity index is 506. The summed E-state index contributed by atoms with van der Waals surface area (Å²) in [6, 6.07) is 5.59. The standard InChI is InChI=1S/C14H14O3/c1-8-4-9(2)6-11(5-8)13(15)12-10(3)7-17-14(12)16/h4-7,12H,1-3H3. The third kappa shape index (κ3) is 2.13. The summed E-state index contributed by atoms with van der Waals surface area (Å²) in [6.07, 6.45) is 1.35. The number of carbonyl (C=O) groups excluding carboxylic acids is 2. The minimum Gasteiger partial charge on any atom is -0.434 e. The van der Waals surface area contributed by atoms with Crippen molar-refractivity contribution < 1.29 is 14.3 Å². The molecular weight excluding hydrogens is 216 g/mol. The topological polar surface area (TPSA) is 43.4 Å². The van der Waals surface area contributed by atoms with Gasteiger partial charge in [-0.3, -0.25) is 9.59 Å². The first-order chi connectivity index (χ1) is 7.99. The number of carbonyl (C=O) groups is 2. The van der Waals surface area contributed by atoms with Crippen LogP contribution in [0.25, 0.3) is 0 Å². The normalized spacial score (nSPS) is 18.9. The van der Waals surface area contributed by atoms with E-state index >= 15 is 0 Å². The summed E-state index contributed by atoms with van der Waals surface area (Å²) in [6.45, 7) is 5.59. The second-order valence-corrected chi connectivity index (χ2v) is 4.47. The molecule has 1 aliphatic heterocycles. The van der Waals surface area contributed by atoms with E-state index in [9.17, 15) is 9.59 Å². The van der Waals surface area contributed by atoms with Gasteiger partial charge in [-0.05, 0) is 38.5 Å². The van der Waals surface area contributed by atoms with Gasteiger partial charge in [-0.2, -0.15) is 0 Å². The van der Waals surface area contributed by atoms with Gasteiger partial charge < -0.3 is 4.74 Å². The molecule has 1 heterocycles. The van der Waals surface area contributed by atoms with Gasteiger partial charge in [0.05, 0.1) is 6.26 Å². The van der Waals surface area contributed by atoms with Crippen LogP contribution in [-0.4, -0.2) is 11.8 Å². The molecular formula is C14H14O3. The molecule has 0 spiro atoms. The van der Waals surface area contributed by atoms with E-state index in [0.29, 0.717) is 11.1 Å². The number of ether oxygens (including phenoxy) is 1. The highest BCUT2D eigenvalue weighted by Crippen LogP contribution is 2.25. The second-order valence-electron chi connectivity index (χ2n) is 4.47. The molecule has 3 nitrogen and oxygen atoms in total. The first kappa shape index (κ1) is 11.6. The number of ketones is 1. The molecule has 2 rings (SSSR count). The van der Waals surface area contributed by atoms with Crippen LogP contribution in [0.5, 0.6) is 0 Å². The van der Waals surface area contributed by atoms with E-state index in [-0.39, 0.29) is 5.78 Å². The summed E-state index contributed by atoms with van der Waals surface area (Å²) >= 11 is 0. The highest BCUT2D eigenvalue weighted by Gasteiger charge is 2.34. The summed E-state index contributed by atoms with van der Waals surface area (Å²) < 4.78 is 4.76. The molecule has 0 aliphatic carbocycles. The van der Waals surface area contributed by atoms with E-state index in [1.165, 1.54) is 6.26 Å². The molecule has 17 heavy (non-hydrogen) atoms. The second kappa shape index (κ2) is 4.17. The van der Waals surface area contributed by atoms with Crippen molar-refractivity contribution in [2.45, 2.75) is 20.8 Å². The average Bonchev–Trinajstić information content (AvgIpc) is 2.56. The highest BCUT2D eigenvalue weighted by atomic mass is 16.5. The van der Waals surface area contributed by atoms with Crippen molar-refractivity contribution in [1.29, 1.82) is 0 Å². The van der Waals surface area contributed by atoms with Gasteiger partial charge in [0.25, 0.3) is 0 Å². The zero-order valence-electron chi connectivity index (χ0n) is 10.1. The highest BCUT2D eigenvalue weighted by molar-refractivity contribution is 6.11. The van der Waals surface area contributed by atoms with Crippen LogP contribution in [0.15, 0.2) is 30.0 Å². The summed E-state index contributed by atoms with van der Waals surface area (Å²) in [5, 5.41) is 0. The molecule has 0 saturated carbocycles. The van der Waals surface area contributed by atoms with Crippen molar-refractivity contribution in [3.05, 3.63) is 46.7 Å². The number of benzene rings is 1. The Morgan fingerprint density at radius 1 is 1.12 bits per heavy atom. The SMILES string of the molecule is CC1=COC(=O)C1C(=O)c1cc(C)cc(C)c1. The number of esters is 1. The van der Waals surface area contributed by atoms with Crippen LogP contribution in [-0.2, 0) is 9.53 Å². The molecule has 1 aromatic rings. The van der Waals surface area contributed by atoms with Crippen LogP contribution in [0, 0.1) is 19.8 Å². The van der Waals surface area contributed by atoms with Crippen molar-refractivity contribution in [2.24, 2.45) is 5.92 Å². The summed E-state index contributed by atoms with van der Waals surface area (Å²) in [7, 11) is 0. The molecule has 3 heteroatoms. The number of rotatable bonds is 2. The zero-order valence-corrected chi connectivity index (χ0v) is 10.1. The fourth-order valence-electron chi connectivity index (χ4n) is 2.07. The number of Topliss-reactive ketones (excluding diaryl/α,β-unsaturated/α-hetero) is 1. The number of aryl methyl sites for hydroxylation is 2. The van der Waals surface area contributed by atoms with E-state index in [4.69, 9.17) is 4.74 Å². The van der Waals surface area contributed by atoms with Gasteiger partial charge in [0.15, 0.2) is 5.78 Å². The van der Waals surface area contributed by atoms with Gasteiger partial charge in [-0.15, -0.1) is 0 Å². The van der Waals surface area contributed by atoms with E-state index in [1.807, 2.05) is 19.9 Å². The third-order valence-corrected chi connectivity index (χ3v) is 2.82. The van der Waals surface area contributed by atoms with Gasteiger partial charge in [0.2, 0.25) is 0 Å². The Morgan fingerprint density at radius 3 is 2.18 bits per heavy atom. The molecule has 0 bridgehead atoms. The number of cyclic esters (lactones) is 1. The number of hydrogen-bond acceptors (Lipinski definition) is 3. The predicted molar refractivity (Wildman–Crippen MR) is 63.6 cm³/mol. The van der Waals surface area contributed by atoms with Crippen molar-refractivity contribution in [2.75, 3.05) is 0 Å². The molecule has 0 N–H and O–H groups in total. The van der Waals surface area contributed by atoms with Crippen LogP contribution >= 0.6 is 0 Å². The van der Waals surface area contributed by atoms with Gasteiger partial charge >= 0.3 is 5.97 Å². The maximum Gasteiger partial charge on any atom is 0.325 e. The summed E-state index contributed by atoms with van der Waals surface area (Å²) in [5.41, 5.74) is 3.26. The fraction of sp³-hybridized carbons (Fsp3) is 0.286. The predicted octanol–water partition coefficient (Wildman–Crippen LogP) is 2.56. The van der Waals surface area contributed by atoms with Crippen LogP contribution in [0.4, 0.5) is 0 Å². The van der Waals surface area contributed by atoms with E-state index in [0.717, 1.165) is 11.1 Å². The lowest BCUT2D eigenvalue weighted by Gasteiger charge is -2.09. The van der Waals surface area contributed by atoms with E-state index < -0.39 is 11.9 Å². The lowest BCUT2D eigenvalue weighted by atomic mass is 9.91. The minimum atomic E-state index is -0.767. The first-order valence-electron chi connectivity index (χ1n) is 5.48. The summed E-state index contributed by atoms with van der Waals surface area (Å²) in [5.74, 6) is -1.43. The fourth-order valence-corrected chi connectivity index (χ4v) is 2.07. The van der Waals surface area contributed by atoms with Crippen molar-refractivity contribution in [1.82, 2.24) is 0 Å². The maximum atomic E-state index is 12.2. The van der Waals surface area contributed by atoms with E-state index in [1.54, 1.807) is 19.1 Å². The molecule has 0 aromatic heterocycles. The van der Waals surface area contributed by atoms with Crippen molar-refractivity contribution in [3.63, 3.8) is 0 Å². The zero-order chi connectivity index (χ0) is 12.6. The Hall–Kier alpha value is -1.90. The maximum absolute atomic E-state index is 12.2. The molecule has 1 aromatic carbocycles. The lowest BCUT2D eigenvalue weighted by molar-refractivity contribution is -0.137. The van der Waals surface area contributed by atoms with Crippen molar-refractivity contribution in [3.8, 4) is 0 Å². The molecule has 1 aliphatic rings. The van der Waals surface area contributed by atoms with Crippen LogP contribution in [0.1, 0.15) is 28.4 Å². The smallest absolute Gasteiger partial charge is 0.325 e. The molecule has 1 unspecified atom stereocenters. The Morgan fingerprint density at radius 2 is 1.71 bits per heavy atom. The molecule has 0 amide bonds. The van der Waals surface area contributed by atoms with Crippen molar-refractivity contribution >= 4 is 11.8 Å². The van der Waals surface area contributed by atoms with Crippen LogP contribution < -0.4 is 0 Å². The Balaban J connectivity index is 2.37. The van der Waals surface area contributed by atoms with Gasteiger partial charge in [0.1, 0.15) is 5.92 Å². The monoisotopic (exact) mass is 230 g/mol. The first-order valence-corrected chi connectivity index (χ1v) is 5.48. The van der Waals surface area contributed by atoms with E-state index in [2.05, 4.69) is 0 Å². The van der Waals surface area contributed by atoms with Gasteiger partial charge in [-0.25, -0.2) is 0 Å². The molecule has 88 valence electrons. The van der Waals surface area contributed by atoms with Gasteiger partial charge in [0, 0.05) is 5.56 Å².